The molecule has 1 saturated heterocycles. The summed E-state index contributed by atoms with van der Waals surface area (Å²) in [6, 6.07) is 0. The zero-order valence-electron chi connectivity index (χ0n) is 6.91. The standard InChI is InChI=1S/C8H13NO2/c1-8(2)10-6-3-4-9-5-7(6)11-8/h5-7H,3-4H2,1-2H3/t6-,7+/m0/s1. The van der Waals surface area contributed by atoms with E-state index in [1.165, 1.54) is 0 Å². The normalized spacial score (nSPS) is 40.5. The van der Waals surface area contributed by atoms with Gasteiger partial charge in [0.2, 0.25) is 0 Å². The fourth-order valence-electron chi connectivity index (χ4n) is 1.59. The Morgan fingerprint density at radius 3 is 3.00 bits per heavy atom. The first-order chi connectivity index (χ1) is 5.17. The molecule has 2 rings (SSSR count). The van der Waals surface area contributed by atoms with Crippen LogP contribution in [0, 0.1) is 0 Å². The maximum Gasteiger partial charge on any atom is 0.164 e. The summed E-state index contributed by atoms with van der Waals surface area (Å²) in [4.78, 5) is 4.16. The van der Waals surface area contributed by atoms with Gasteiger partial charge in [-0.3, -0.25) is 4.99 Å². The largest absolute Gasteiger partial charge is 0.344 e. The monoisotopic (exact) mass is 155 g/mol. The molecule has 0 radical (unpaired) electrons. The van der Waals surface area contributed by atoms with Crippen molar-refractivity contribution in [1.29, 1.82) is 0 Å². The third-order valence-electron chi connectivity index (χ3n) is 2.02. The second kappa shape index (κ2) is 2.29. The van der Waals surface area contributed by atoms with Gasteiger partial charge in [-0.25, -0.2) is 0 Å². The SMILES string of the molecule is CC1(C)O[C@H]2CCN=C[C@H]2O1. The lowest BCUT2D eigenvalue weighted by Crippen LogP contribution is -2.28. The van der Waals surface area contributed by atoms with E-state index >= 15 is 0 Å². The van der Waals surface area contributed by atoms with Gasteiger partial charge in [0.25, 0.3) is 0 Å². The van der Waals surface area contributed by atoms with Crippen LogP contribution in [-0.4, -0.2) is 30.8 Å². The number of nitrogens with zero attached hydrogens (tertiary/aromatic N) is 1. The number of hydrogen-bond donors (Lipinski definition) is 0. The predicted octanol–water partition coefficient (Wildman–Crippen LogP) is 0.981. The summed E-state index contributed by atoms with van der Waals surface area (Å²) in [5, 5.41) is 0. The second-order valence-corrected chi connectivity index (χ2v) is 3.48. The summed E-state index contributed by atoms with van der Waals surface area (Å²) in [7, 11) is 0. The van der Waals surface area contributed by atoms with Crippen molar-refractivity contribution in [2.75, 3.05) is 6.54 Å². The molecule has 2 aliphatic rings. The second-order valence-electron chi connectivity index (χ2n) is 3.48. The van der Waals surface area contributed by atoms with E-state index in [1.54, 1.807) is 0 Å². The van der Waals surface area contributed by atoms with Crippen LogP contribution in [0.25, 0.3) is 0 Å². The van der Waals surface area contributed by atoms with Gasteiger partial charge in [-0.1, -0.05) is 0 Å². The molecule has 0 aromatic heterocycles. The summed E-state index contributed by atoms with van der Waals surface area (Å²) in [6.45, 7) is 4.76. The Morgan fingerprint density at radius 1 is 1.45 bits per heavy atom. The lowest BCUT2D eigenvalue weighted by atomic mass is 10.1. The van der Waals surface area contributed by atoms with Crippen molar-refractivity contribution >= 4 is 6.21 Å². The quantitative estimate of drug-likeness (QED) is 0.522. The highest BCUT2D eigenvalue weighted by Gasteiger charge is 2.40. The first-order valence-electron chi connectivity index (χ1n) is 4.03. The van der Waals surface area contributed by atoms with Crippen LogP contribution in [0.15, 0.2) is 4.99 Å². The van der Waals surface area contributed by atoms with E-state index in [1.807, 2.05) is 20.1 Å². The van der Waals surface area contributed by atoms with Gasteiger partial charge < -0.3 is 9.47 Å². The van der Waals surface area contributed by atoms with Crippen LogP contribution in [0.2, 0.25) is 0 Å². The van der Waals surface area contributed by atoms with E-state index in [4.69, 9.17) is 9.47 Å². The number of aliphatic imine (C=N–C) groups is 1. The minimum absolute atomic E-state index is 0.0961. The zero-order chi connectivity index (χ0) is 7.90. The van der Waals surface area contributed by atoms with Gasteiger partial charge >= 0.3 is 0 Å². The first-order valence-corrected chi connectivity index (χ1v) is 4.03. The molecule has 3 heteroatoms. The maximum atomic E-state index is 5.64. The van der Waals surface area contributed by atoms with Crippen molar-refractivity contribution in [3.8, 4) is 0 Å². The van der Waals surface area contributed by atoms with E-state index in [0.29, 0.717) is 0 Å². The van der Waals surface area contributed by atoms with Gasteiger partial charge in [0.1, 0.15) is 6.10 Å². The summed E-state index contributed by atoms with van der Waals surface area (Å²) >= 11 is 0. The molecule has 2 atom stereocenters. The molecule has 0 bridgehead atoms. The predicted molar refractivity (Wildman–Crippen MR) is 41.8 cm³/mol. The fraction of sp³-hybridized carbons (Fsp3) is 0.875. The Morgan fingerprint density at radius 2 is 2.27 bits per heavy atom. The van der Waals surface area contributed by atoms with Crippen molar-refractivity contribution in [1.82, 2.24) is 0 Å². The van der Waals surface area contributed by atoms with Crippen molar-refractivity contribution in [3.05, 3.63) is 0 Å². The Hall–Kier alpha value is -0.410. The third kappa shape index (κ3) is 1.30. The number of rotatable bonds is 0. The average Bonchev–Trinajstić information content (AvgIpc) is 2.21. The van der Waals surface area contributed by atoms with Gasteiger partial charge in [-0.15, -0.1) is 0 Å². The number of fused-ring (bicyclic) bond motifs is 1. The molecule has 0 amide bonds. The van der Waals surface area contributed by atoms with E-state index in [0.717, 1.165) is 13.0 Å². The van der Waals surface area contributed by atoms with Crippen LogP contribution in [-0.2, 0) is 9.47 Å². The molecule has 62 valence electrons. The lowest BCUT2D eigenvalue weighted by Gasteiger charge is -2.16. The molecule has 0 aromatic rings. The van der Waals surface area contributed by atoms with Gasteiger partial charge in [0.15, 0.2) is 5.79 Å². The molecule has 1 fully saturated rings. The summed E-state index contributed by atoms with van der Waals surface area (Å²) in [6.07, 6.45) is 3.19. The third-order valence-corrected chi connectivity index (χ3v) is 2.02. The average molecular weight is 155 g/mol. The Labute approximate surface area is 66.4 Å². The molecule has 0 unspecified atom stereocenters. The van der Waals surface area contributed by atoms with E-state index in [-0.39, 0.29) is 12.2 Å². The van der Waals surface area contributed by atoms with Gasteiger partial charge in [-0.05, 0) is 20.3 Å². The zero-order valence-corrected chi connectivity index (χ0v) is 6.91. The molecule has 3 nitrogen and oxygen atoms in total. The van der Waals surface area contributed by atoms with Crippen LogP contribution in [0.3, 0.4) is 0 Å². The number of hydrogen-bond acceptors (Lipinski definition) is 3. The van der Waals surface area contributed by atoms with E-state index in [2.05, 4.69) is 4.99 Å². The van der Waals surface area contributed by atoms with Crippen molar-refractivity contribution in [3.63, 3.8) is 0 Å². The molecule has 2 aliphatic heterocycles. The summed E-state index contributed by atoms with van der Waals surface area (Å²) in [5.74, 6) is -0.411. The summed E-state index contributed by atoms with van der Waals surface area (Å²) < 4.78 is 11.2. The topological polar surface area (TPSA) is 30.8 Å². The molecule has 11 heavy (non-hydrogen) atoms. The smallest absolute Gasteiger partial charge is 0.164 e. The molecular weight excluding hydrogens is 142 g/mol. The van der Waals surface area contributed by atoms with Crippen LogP contribution in [0.5, 0.6) is 0 Å². The van der Waals surface area contributed by atoms with Gasteiger partial charge in [0.05, 0.1) is 6.10 Å². The van der Waals surface area contributed by atoms with E-state index in [9.17, 15) is 0 Å². The van der Waals surface area contributed by atoms with Crippen LogP contribution < -0.4 is 0 Å². The van der Waals surface area contributed by atoms with Crippen molar-refractivity contribution < 1.29 is 9.47 Å². The van der Waals surface area contributed by atoms with Gasteiger partial charge in [-0.2, -0.15) is 0 Å². The van der Waals surface area contributed by atoms with Crippen molar-refractivity contribution in [2.24, 2.45) is 4.99 Å². The molecule has 0 aliphatic carbocycles. The van der Waals surface area contributed by atoms with Crippen LogP contribution in [0.1, 0.15) is 20.3 Å². The van der Waals surface area contributed by atoms with E-state index < -0.39 is 5.79 Å². The molecule has 0 N–H and O–H groups in total. The highest BCUT2D eigenvalue weighted by Crippen LogP contribution is 2.30. The fourth-order valence-corrected chi connectivity index (χ4v) is 1.59. The van der Waals surface area contributed by atoms with Crippen LogP contribution in [0.4, 0.5) is 0 Å². The highest BCUT2D eigenvalue weighted by atomic mass is 16.7. The lowest BCUT2D eigenvalue weighted by molar-refractivity contribution is -0.141. The van der Waals surface area contributed by atoms with Crippen LogP contribution >= 0.6 is 0 Å². The number of ether oxygens (including phenoxy) is 2. The minimum Gasteiger partial charge on any atom is -0.344 e. The molecular formula is C8H13NO2. The minimum atomic E-state index is -0.411. The highest BCUT2D eigenvalue weighted by molar-refractivity contribution is 5.65. The summed E-state index contributed by atoms with van der Waals surface area (Å²) in [5.41, 5.74) is 0. The molecule has 0 aromatic carbocycles. The molecule has 0 saturated carbocycles. The Bertz CT molecular complexity index is 189. The maximum absolute atomic E-state index is 5.64. The Kier molecular flexibility index (Phi) is 1.51. The molecule has 2 heterocycles. The van der Waals surface area contributed by atoms with Gasteiger partial charge in [0, 0.05) is 12.8 Å². The molecule has 0 spiro atoms. The Balaban J connectivity index is 2.12. The first kappa shape index (κ1) is 7.25. The van der Waals surface area contributed by atoms with Crippen molar-refractivity contribution in [2.45, 2.75) is 38.3 Å².